The summed E-state index contributed by atoms with van der Waals surface area (Å²) in [5, 5.41) is 15.0. The third kappa shape index (κ3) is 7.54. The van der Waals surface area contributed by atoms with Crippen LogP contribution in [0.5, 0.6) is 11.5 Å². The number of pyridine rings is 2. The molecule has 1 aromatic carbocycles. The third-order valence-corrected chi connectivity index (χ3v) is 5.35. The van der Waals surface area contributed by atoms with Crippen molar-refractivity contribution in [1.82, 2.24) is 9.97 Å². The molecule has 4 rings (SSSR count). The highest BCUT2D eigenvalue weighted by molar-refractivity contribution is 6.20. The van der Waals surface area contributed by atoms with Gasteiger partial charge in [0.25, 0.3) is 5.91 Å². The number of nitrogens with zero attached hydrogens (tertiary/aromatic N) is 3. The highest BCUT2D eigenvalue weighted by atomic mass is 35.5. The fourth-order valence-electron chi connectivity index (χ4n) is 3.68. The van der Waals surface area contributed by atoms with Crippen LogP contribution in [-0.4, -0.2) is 52.1 Å². The van der Waals surface area contributed by atoms with E-state index in [-0.39, 0.29) is 35.1 Å². The number of aliphatic hydroxyl groups excluding tert-OH is 1. The van der Waals surface area contributed by atoms with Gasteiger partial charge < -0.3 is 30.1 Å². The first kappa shape index (κ1) is 28.0. The smallest absolute Gasteiger partial charge is 0.420 e. The SMILES string of the molecule is O=C(Nc1ccc(OC(F)(F)Cl)cc1)c1cnc(N2CC[C@@H](O)C2)c(Nc2cncc(F)c2OC(F)(F)F)c1. The first-order valence-corrected chi connectivity index (χ1v) is 11.4. The van der Waals surface area contributed by atoms with Gasteiger partial charge >= 0.3 is 11.9 Å². The van der Waals surface area contributed by atoms with E-state index in [1.54, 1.807) is 4.90 Å². The molecule has 16 heteroatoms. The zero-order valence-corrected chi connectivity index (χ0v) is 20.2. The molecule has 1 fully saturated rings. The minimum Gasteiger partial charge on any atom is -0.420 e. The standard InChI is InChI=1S/C23H18ClF6N5O4/c24-22(26,27)38-15-3-1-13(2-4-15)33-21(37)12-7-17(20(32-8-12)35-6-5-14(36)11-35)34-18-10-31-9-16(25)19(18)39-23(28,29)30/h1-4,7-10,14,34,36H,5-6,11H2,(H,33,37)/t14-/m1/s1. The van der Waals surface area contributed by atoms with Gasteiger partial charge in [-0.3, -0.25) is 9.78 Å². The molecule has 1 aliphatic heterocycles. The lowest BCUT2D eigenvalue weighted by molar-refractivity contribution is -0.275. The summed E-state index contributed by atoms with van der Waals surface area (Å²) in [5.74, 6) is -3.40. The Hall–Kier alpha value is -3.98. The lowest BCUT2D eigenvalue weighted by atomic mass is 10.2. The molecule has 0 unspecified atom stereocenters. The average molecular weight is 578 g/mol. The fraction of sp³-hybridized carbons (Fsp3) is 0.261. The van der Waals surface area contributed by atoms with Crippen molar-refractivity contribution in [2.45, 2.75) is 24.5 Å². The number of carbonyl (C=O) groups excluding carboxylic acids is 1. The largest absolute Gasteiger partial charge is 0.573 e. The van der Waals surface area contributed by atoms with E-state index < -0.39 is 41.2 Å². The van der Waals surface area contributed by atoms with E-state index in [4.69, 9.17) is 11.6 Å². The van der Waals surface area contributed by atoms with Crippen LogP contribution in [0, 0.1) is 5.82 Å². The number of ether oxygens (including phenoxy) is 2. The van der Waals surface area contributed by atoms with Crippen molar-refractivity contribution in [2.24, 2.45) is 0 Å². The van der Waals surface area contributed by atoms with Gasteiger partial charge in [0, 0.05) is 36.6 Å². The predicted molar refractivity (Wildman–Crippen MR) is 127 cm³/mol. The monoisotopic (exact) mass is 577 g/mol. The Balaban J connectivity index is 1.63. The Bertz CT molecular complexity index is 1340. The summed E-state index contributed by atoms with van der Waals surface area (Å²) in [7, 11) is 0. The fourth-order valence-corrected chi connectivity index (χ4v) is 3.77. The molecule has 208 valence electrons. The molecule has 0 radical (unpaired) electrons. The minimum absolute atomic E-state index is 0.00994. The number of alkyl halides is 6. The number of β-amino-alcohol motifs (C(OH)–C–C–N with tert-alkyl or cyclic N) is 1. The predicted octanol–water partition coefficient (Wildman–Crippen LogP) is 5.25. The Morgan fingerprint density at radius 1 is 1.08 bits per heavy atom. The number of hydrogen-bond acceptors (Lipinski definition) is 8. The van der Waals surface area contributed by atoms with E-state index in [0.717, 1.165) is 18.3 Å². The Morgan fingerprint density at radius 2 is 1.79 bits per heavy atom. The lowest BCUT2D eigenvalue weighted by Gasteiger charge is -2.22. The average Bonchev–Trinajstić information content (AvgIpc) is 3.27. The first-order valence-electron chi connectivity index (χ1n) is 11.0. The summed E-state index contributed by atoms with van der Waals surface area (Å²) >= 11 is 4.72. The maximum atomic E-state index is 14.2. The molecule has 0 bridgehead atoms. The number of aliphatic hydroxyl groups is 1. The molecular weight excluding hydrogens is 560 g/mol. The van der Waals surface area contributed by atoms with Gasteiger partial charge in [0.1, 0.15) is 11.4 Å². The molecule has 1 aliphatic rings. The molecule has 0 spiro atoms. The van der Waals surface area contributed by atoms with E-state index in [0.29, 0.717) is 19.2 Å². The van der Waals surface area contributed by atoms with Crippen molar-refractivity contribution in [2.75, 3.05) is 28.6 Å². The molecule has 3 heterocycles. The molecule has 3 aromatic rings. The number of aromatic nitrogens is 2. The third-order valence-electron chi connectivity index (χ3n) is 5.28. The zero-order chi connectivity index (χ0) is 28.4. The van der Waals surface area contributed by atoms with E-state index in [1.807, 2.05) is 0 Å². The van der Waals surface area contributed by atoms with Gasteiger partial charge in [-0.25, -0.2) is 9.37 Å². The Kier molecular flexibility index (Phi) is 7.92. The van der Waals surface area contributed by atoms with Crippen LogP contribution < -0.4 is 25.0 Å². The molecule has 1 atom stereocenters. The number of rotatable bonds is 8. The van der Waals surface area contributed by atoms with E-state index in [9.17, 15) is 36.2 Å². The molecule has 1 amide bonds. The van der Waals surface area contributed by atoms with Gasteiger partial charge in [-0.05, 0) is 36.8 Å². The quantitative estimate of drug-likeness (QED) is 0.246. The van der Waals surface area contributed by atoms with Crippen molar-refractivity contribution < 1.29 is 45.7 Å². The van der Waals surface area contributed by atoms with Crippen molar-refractivity contribution in [1.29, 1.82) is 0 Å². The summed E-state index contributed by atoms with van der Waals surface area (Å²) in [5.41, 5.74) is -4.32. The second-order valence-electron chi connectivity index (χ2n) is 8.18. The number of anilines is 4. The van der Waals surface area contributed by atoms with Crippen LogP contribution in [0.1, 0.15) is 16.8 Å². The molecule has 0 saturated carbocycles. The lowest BCUT2D eigenvalue weighted by Crippen LogP contribution is -2.24. The maximum Gasteiger partial charge on any atom is 0.573 e. The van der Waals surface area contributed by atoms with Crippen LogP contribution in [0.2, 0.25) is 0 Å². The molecule has 3 N–H and O–H groups in total. The Morgan fingerprint density at radius 3 is 2.41 bits per heavy atom. The summed E-state index contributed by atoms with van der Waals surface area (Å²) < 4.78 is 86.5. The van der Waals surface area contributed by atoms with Crippen LogP contribution in [0.3, 0.4) is 0 Å². The van der Waals surface area contributed by atoms with Crippen LogP contribution in [-0.2, 0) is 0 Å². The second-order valence-corrected chi connectivity index (χ2v) is 8.62. The molecule has 9 nitrogen and oxygen atoms in total. The summed E-state index contributed by atoms with van der Waals surface area (Å²) in [6.07, 6.45) is -2.88. The van der Waals surface area contributed by atoms with Crippen molar-refractivity contribution >= 4 is 40.4 Å². The van der Waals surface area contributed by atoms with Crippen molar-refractivity contribution in [3.05, 3.63) is 60.3 Å². The normalized spacial score (nSPS) is 15.7. The first-order chi connectivity index (χ1) is 18.3. The topological polar surface area (TPSA) is 109 Å². The van der Waals surface area contributed by atoms with Gasteiger partial charge in [0.15, 0.2) is 17.4 Å². The molecular formula is C23H18ClF6N5O4. The molecule has 2 aromatic heterocycles. The zero-order valence-electron chi connectivity index (χ0n) is 19.5. The maximum absolute atomic E-state index is 14.2. The highest BCUT2D eigenvalue weighted by Gasteiger charge is 2.34. The van der Waals surface area contributed by atoms with Crippen LogP contribution in [0.15, 0.2) is 48.9 Å². The van der Waals surface area contributed by atoms with Gasteiger partial charge in [-0.2, -0.15) is 0 Å². The Labute approximate surface area is 221 Å². The van der Waals surface area contributed by atoms with Gasteiger partial charge in [-0.1, -0.05) is 0 Å². The van der Waals surface area contributed by atoms with Crippen LogP contribution in [0.4, 0.5) is 49.2 Å². The van der Waals surface area contributed by atoms with Gasteiger partial charge in [0.2, 0.25) is 0 Å². The van der Waals surface area contributed by atoms with Crippen molar-refractivity contribution in [3.8, 4) is 11.5 Å². The van der Waals surface area contributed by atoms with Crippen LogP contribution >= 0.6 is 11.6 Å². The highest BCUT2D eigenvalue weighted by Crippen LogP contribution is 2.37. The van der Waals surface area contributed by atoms with E-state index >= 15 is 0 Å². The van der Waals surface area contributed by atoms with Crippen LogP contribution in [0.25, 0.3) is 0 Å². The second kappa shape index (κ2) is 11.0. The van der Waals surface area contributed by atoms with Gasteiger partial charge in [0.05, 0.1) is 29.7 Å². The number of hydrogen-bond donors (Lipinski definition) is 3. The molecule has 39 heavy (non-hydrogen) atoms. The number of benzene rings is 1. The number of carbonyl (C=O) groups is 1. The van der Waals surface area contributed by atoms with E-state index in [2.05, 4.69) is 30.1 Å². The summed E-state index contributed by atoms with van der Waals surface area (Å²) in [6.45, 7) is 0.494. The van der Waals surface area contributed by atoms with E-state index in [1.165, 1.54) is 24.4 Å². The number of halogens is 7. The summed E-state index contributed by atoms with van der Waals surface area (Å²) in [6, 6.07) is 6.05. The summed E-state index contributed by atoms with van der Waals surface area (Å²) in [4.78, 5) is 22.3. The van der Waals surface area contributed by atoms with Crippen molar-refractivity contribution in [3.63, 3.8) is 0 Å². The number of amides is 1. The minimum atomic E-state index is -5.21. The molecule has 0 aliphatic carbocycles. The number of nitrogens with one attached hydrogen (secondary N) is 2. The molecule has 1 saturated heterocycles. The van der Waals surface area contributed by atoms with Gasteiger partial charge in [-0.15, -0.1) is 22.0 Å².